The number of rotatable bonds is 8. The van der Waals surface area contributed by atoms with Gasteiger partial charge < -0.3 is 15.4 Å². The average Bonchev–Trinajstić information content (AvgIpc) is 2.84. The number of aryl methyl sites for hydroxylation is 1. The summed E-state index contributed by atoms with van der Waals surface area (Å²) in [7, 11) is 0. The van der Waals surface area contributed by atoms with Crippen LogP contribution in [0.15, 0.2) is 77.9 Å². The summed E-state index contributed by atoms with van der Waals surface area (Å²) in [6.07, 6.45) is 1.28. The van der Waals surface area contributed by atoms with Crippen LogP contribution in [0.4, 0.5) is 5.69 Å². The Labute approximate surface area is 202 Å². The predicted octanol–water partition coefficient (Wildman–Crippen LogP) is 3.43. The van der Waals surface area contributed by atoms with Gasteiger partial charge in [0.05, 0.1) is 6.21 Å². The van der Waals surface area contributed by atoms with Crippen molar-refractivity contribution in [1.82, 2.24) is 10.7 Å². The highest BCUT2D eigenvalue weighted by molar-refractivity contribution is 6.39. The molecular formula is C25H23ClN4O4. The molecule has 0 atom stereocenters. The van der Waals surface area contributed by atoms with Gasteiger partial charge >= 0.3 is 11.8 Å². The standard InChI is InChI=1S/C25H23ClN4O4/c1-17-7-10-21(11-8-17)29-24(32)25(33)30-28-15-19-13-20(26)9-12-22(19)34-16-23(31)27-14-18-5-3-2-4-6-18/h2-13,15H,14,16H2,1H3,(H,27,31)(H,29,32)(H,30,33)/b28-15-. The summed E-state index contributed by atoms with van der Waals surface area (Å²) in [4.78, 5) is 36.1. The quantitative estimate of drug-likeness (QED) is 0.262. The molecule has 0 bridgehead atoms. The lowest BCUT2D eigenvalue weighted by Gasteiger charge is -2.10. The van der Waals surface area contributed by atoms with Gasteiger partial charge in [0, 0.05) is 22.8 Å². The summed E-state index contributed by atoms with van der Waals surface area (Å²) < 4.78 is 5.58. The lowest BCUT2D eigenvalue weighted by Crippen LogP contribution is -2.32. The second-order valence-electron chi connectivity index (χ2n) is 7.25. The highest BCUT2D eigenvalue weighted by atomic mass is 35.5. The highest BCUT2D eigenvalue weighted by Gasteiger charge is 2.13. The minimum absolute atomic E-state index is 0.222. The summed E-state index contributed by atoms with van der Waals surface area (Å²) in [5, 5.41) is 9.45. The maximum Gasteiger partial charge on any atom is 0.329 e. The number of ether oxygens (including phenoxy) is 1. The number of amides is 3. The van der Waals surface area contributed by atoms with Gasteiger partial charge in [0.1, 0.15) is 5.75 Å². The Kier molecular flexibility index (Phi) is 8.76. The van der Waals surface area contributed by atoms with Crippen LogP contribution in [0.2, 0.25) is 5.02 Å². The third-order valence-electron chi connectivity index (χ3n) is 4.55. The van der Waals surface area contributed by atoms with E-state index in [-0.39, 0.29) is 12.5 Å². The Morgan fingerprint density at radius 2 is 1.71 bits per heavy atom. The van der Waals surface area contributed by atoms with Crippen LogP contribution in [0.1, 0.15) is 16.7 Å². The van der Waals surface area contributed by atoms with E-state index in [1.165, 1.54) is 6.21 Å². The number of nitrogens with zero attached hydrogens (tertiary/aromatic N) is 1. The van der Waals surface area contributed by atoms with Crippen molar-refractivity contribution in [2.75, 3.05) is 11.9 Å². The number of benzene rings is 3. The van der Waals surface area contributed by atoms with Crippen molar-refractivity contribution >= 4 is 41.2 Å². The molecule has 0 saturated carbocycles. The molecule has 8 nitrogen and oxygen atoms in total. The molecule has 3 rings (SSSR count). The minimum atomic E-state index is -0.943. The zero-order chi connectivity index (χ0) is 24.3. The van der Waals surface area contributed by atoms with Gasteiger partial charge in [-0.1, -0.05) is 59.6 Å². The first-order valence-corrected chi connectivity index (χ1v) is 10.7. The first-order chi connectivity index (χ1) is 16.4. The molecule has 0 aliphatic heterocycles. The number of nitrogens with one attached hydrogen (secondary N) is 3. The second kappa shape index (κ2) is 12.2. The molecule has 3 amide bonds. The first-order valence-electron chi connectivity index (χ1n) is 10.3. The Balaban J connectivity index is 1.53. The summed E-state index contributed by atoms with van der Waals surface area (Å²) in [5.41, 5.74) is 5.06. The second-order valence-corrected chi connectivity index (χ2v) is 7.69. The molecule has 0 unspecified atom stereocenters. The molecule has 0 heterocycles. The van der Waals surface area contributed by atoms with Gasteiger partial charge in [-0.2, -0.15) is 5.10 Å². The molecule has 3 aromatic rings. The maximum atomic E-state index is 12.1. The topological polar surface area (TPSA) is 109 Å². The normalized spacial score (nSPS) is 10.5. The van der Waals surface area contributed by atoms with Crippen molar-refractivity contribution in [2.24, 2.45) is 5.10 Å². The summed E-state index contributed by atoms with van der Waals surface area (Å²) in [5.74, 6) is -1.77. The van der Waals surface area contributed by atoms with Crippen LogP contribution >= 0.6 is 11.6 Å². The molecule has 0 fully saturated rings. The third kappa shape index (κ3) is 7.75. The molecule has 174 valence electrons. The third-order valence-corrected chi connectivity index (χ3v) is 4.78. The van der Waals surface area contributed by atoms with E-state index in [1.54, 1.807) is 30.3 Å². The fourth-order valence-corrected chi connectivity index (χ4v) is 2.96. The van der Waals surface area contributed by atoms with E-state index in [0.29, 0.717) is 28.6 Å². The van der Waals surface area contributed by atoms with Crippen molar-refractivity contribution in [3.05, 3.63) is 94.5 Å². The Bertz CT molecular complexity index is 1180. The largest absolute Gasteiger partial charge is 0.483 e. The number of hydrogen-bond acceptors (Lipinski definition) is 5. The van der Waals surface area contributed by atoms with E-state index in [4.69, 9.17) is 16.3 Å². The van der Waals surface area contributed by atoms with Crippen LogP contribution in [-0.4, -0.2) is 30.5 Å². The van der Waals surface area contributed by atoms with Crippen LogP contribution in [0.5, 0.6) is 5.75 Å². The molecule has 0 radical (unpaired) electrons. The van der Waals surface area contributed by atoms with Gasteiger partial charge in [0.25, 0.3) is 5.91 Å². The highest BCUT2D eigenvalue weighted by Crippen LogP contribution is 2.21. The van der Waals surface area contributed by atoms with Gasteiger partial charge in [0.15, 0.2) is 6.61 Å². The number of hydrazone groups is 1. The number of hydrogen-bond donors (Lipinski definition) is 3. The molecule has 3 N–H and O–H groups in total. The summed E-state index contributed by atoms with van der Waals surface area (Å²) in [6.45, 7) is 2.08. The molecule has 3 aromatic carbocycles. The fourth-order valence-electron chi connectivity index (χ4n) is 2.78. The van der Waals surface area contributed by atoms with E-state index < -0.39 is 11.8 Å². The zero-order valence-corrected chi connectivity index (χ0v) is 19.1. The van der Waals surface area contributed by atoms with E-state index >= 15 is 0 Å². The summed E-state index contributed by atoms with van der Waals surface area (Å²) >= 11 is 6.04. The molecule has 0 saturated heterocycles. The van der Waals surface area contributed by atoms with E-state index in [0.717, 1.165) is 11.1 Å². The maximum absolute atomic E-state index is 12.1. The van der Waals surface area contributed by atoms with Crippen molar-refractivity contribution in [1.29, 1.82) is 0 Å². The Morgan fingerprint density at radius 1 is 0.971 bits per heavy atom. The number of carbonyl (C=O) groups is 3. The first kappa shape index (κ1) is 24.5. The molecular weight excluding hydrogens is 456 g/mol. The van der Waals surface area contributed by atoms with Gasteiger partial charge in [-0.3, -0.25) is 14.4 Å². The Hall–Kier alpha value is -4.17. The predicted molar refractivity (Wildman–Crippen MR) is 131 cm³/mol. The number of halogens is 1. The van der Waals surface area contributed by atoms with E-state index in [2.05, 4.69) is 21.2 Å². The monoisotopic (exact) mass is 478 g/mol. The number of anilines is 1. The molecule has 0 aliphatic carbocycles. The van der Waals surface area contributed by atoms with Crippen LogP contribution in [0, 0.1) is 6.92 Å². The molecule has 34 heavy (non-hydrogen) atoms. The van der Waals surface area contributed by atoms with Crippen molar-refractivity contribution < 1.29 is 19.1 Å². The van der Waals surface area contributed by atoms with Gasteiger partial charge in [-0.25, -0.2) is 5.43 Å². The minimum Gasteiger partial charge on any atom is -0.483 e. The zero-order valence-electron chi connectivity index (χ0n) is 18.4. The fraction of sp³-hybridized carbons (Fsp3) is 0.120. The smallest absolute Gasteiger partial charge is 0.329 e. The molecule has 0 aliphatic rings. The Morgan fingerprint density at radius 3 is 2.44 bits per heavy atom. The van der Waals surface area contributed by atoms with Crippen LogP contribution in [0.25, 0.3) is 0 Å². The van der Waals surface area contributed by atoms with E-state index in [1.807, 2.05) is 49.4 Å². The number of carbonyl (C=O) groups excluding carboxylic acids is 3. The van der Waals surface area contributed by atoms with Crippen molar-refractivity contribution in [3.8, 4) is 5.75 Å². The van der Waals surface area contributed by atoms with Crippen molar-refractivity contribution in [2.45, 2.75) is 13.5 Å². The lowest BCUT2D eigenvalue weighted by molar-refractivity contribution is -0.136. The molecule has 0 spiro atoms. The summed E-state index contributed by atoms with van der Waals surface area (Å²) in [6, 6.07) is 21.2. The lowest BCUT2D eigenvalue weighted by atomic mass is 10.2. The van der Waals surface area contributed by atoms with Crippen LogP contribution in [-0.2, 0) is 20.9 Å². The average molecular weight is 479 g/mol. The van der Waals surface area contributed by atoms with Gasteiger partial charge in [0.2, 0.25) is 0 Å². The molecule has 9 heteroatoms. The SMILES string of the molecule is Cc1ccc(NC(=O)C(=O)N/N=C\c2cc(Cl)ccc2OCC(=O)NCc2ccccc2)cc1. The van der Waals surface area contributed by atoms with Gasteiger partial charge in [-0.05, 0) is 42.8 Å². The van der Waals surface area contributed by atoms with Gasteiger partial charge in [-0.15, -0.1) is 0 Å². The van der Waals surface area contributed by atoms with Crippen molar-refractivity contribution in [3.63, 3.8) is 0 Å². The molecule has 0 aromatic heterocycles. The van der Waals surface area contributed by atoms with Crippen LogP contribution in [0.3, 0.4) is 0 Å². The van der Waals surface area contributed by atoms with Crippen LogP contribution < -0.4 is 20.8 Å². The van der Waals surface area contributed by atoms with E-state index in [9.17, 15) is 14.4 Å².